The number of carbonyl (C=O) groups excluding carboxylic acids is 1. The fraction of sp³-hybridized carbons (Fsp3) is 0.222. The normalized spacial score (nSPS) is 11.9. The van der Waals surface area contributed by atoms with E-state index >= 15 is 0 Å². The Morgan fingerprint density at radius 2 is 1.69 bits per heavy atom. The van der Waals surface area contributed by atoms with E-state index in [4.69, 9.17) is 13.8 Å². The fourth-order valence-electron chi connectivity index (χ4n) is 2.18. The zero-order valence-corrected chi connectivity index (χ0v) is 15.4. The number of nitrogens with zero attached hydrogens (tertiary/aromatic N) is 1. The molecule has 2 aromatic carbocycles. The van der Waals surface area contributed by atoms with Gasteiger partial charge in [-0.15, -0.1) is 0 Å². The highest BCUT2D eigenvalue weighted by atomic mass is 32.2. The van der Waals surface area contributed by atoms with E-state index in [9.17, 15) is 13.2 Å². The standard InChI is InChI=1S/C18H19NO6S/c1-13-8-10-15(11-9-13)26(21,22)25-12-14-6-4-5-7-16(14)17(19-24-3)18(20)23-2/h4-11H,12H2,1-3H3. The fourth-order valence-corrected chi connectivity index (χ4v) is 3.06. The molecule has 0 spiro atoms. The molecule has 0 saturated carbocycles. The molecule has 0 heterocycles. The highest BCUT2D eigenvalue weighted by Gasteiger charge is 2.21. The Morgan fingerprint density at radius 3 is 2.31 bits per heavy atom. The Hall–Kier alpha value is -2.71. The second-order valence-corrected chi connectivity index (χ2v) is 6.92. The molecular weight excluding hydrogens is 358 g/mol. The maximum absolute atomic E-state index is 12.3. The molecule has 0 aliphatic rings. The number of ether oxygens (including phenoxy) is 1. The molecule has 0 aromatic heterocycles. The van der Waals surface area contributed by atoms with Gasteiger partial charge in [-0.1, -0.05) is 47.1 Å². The second-order valence-electron chi connectivity index (χ2n) is 5.30. The Labute approximate surface area is 152 Å². The van der Waals surface area contributed by atoms with Gasteiger partial charge in [-0.2, -0.15) is 8.42 Å². The van der Waals surface area contributed by atoms with Crippen LogP contribution in [0.25, 0.3) is 0 Å². The van der Waals surface area contributed by atoms with E-state index in [1.807, 2.05) is 6.92 Å². The Balaban J connectivity index is 2.29. The summed E-state index contributed by atoms with van der Waals surface area (Å²) >= 11 is 0. The Kier molecular flexibility index (Phi) is 6.48. The van der Waals surface area contributed by atoms with Gasteiger partial charge >= 0.3 is 5.97 Å². The molecule has 0 unspecified atom stereocenters. The van der Waals surface area contributed by atoms with Crippen molar-refractivity contribution in [3.05, 3.63) is 65.2 Å². The average molecular weight is 377 g/mol. The van der Waals surface area contributed by atoms with Crippen LogP contribution in [0.2, 0.25) is 0 Å². The maximum Gasteiger partial charge on any atom is 0.360 e. The predicted octanol–water partition coefficient (Wildman–Crippen LogP) is 2.42. The van der Waals surface area contributed by atoms with Crippen LogP contribution in [-0.2, 0) is 35.3 Å². The summed E-state index contributed by atoms with van der Waals surface area (Å²) in [6.07, 6.45) is 0. The minimum absolute atomic E-state index is 0.0549. The minimum Gasteiger partial charge on any atom is -0.464 e. The summed E-state index contributed by atoms with van der Waals surface area (Å²) in [6, 6.07) is 12.9. The van der Waals surface area contributed by atoms with Crippen molar-refractivity contribution in [3.8, 4) is 0 Å². The van der Waals surface area contributed by atoms with Gasteiger partial charge < -0.3 is 9.57 Å². The summed E-state index contributed by atoms with van der Waals surface area (Å²) in [4.78, 5) is 16.7. The van der Waals surface area contributed by atoms with Crippen LogP contribution in [0.5, 0.6) is 0 Å². The molecule has 0 aliphatic heterocycles. The van der Waals surface area contributed by atoms with Crippen molar-refractivity contribution in [2.75, 3.05) is 14.2 Å². The van der Waals surface area contributed by atoms with E-state index in [0.717, 1.165) is 5.56 Å². The molecule has 2 rings (SSSR count). The van der Waals surface area contributed by atoms with E-state index in [1.54, 1.807) is 36.4 Å². The van der Waals surface area contributed by atoms with Crippen molar-refractivity contribution in [1.82, 2.24) is 0 Å². The first-order chi connectivity index (χ1) is 12.4. The molecule has 0 N–H and O–H groups in total. The van der Waals surface area contributed by atoms with Crippen molar-refractivity contribution in [2.24, 2.45) is 5.16 Å². The third-order valence-corrected chi connectivity index (χ3v) is 4.79. The van der Waals surface area contributed by atoms with Gasteiger partial charge in [0.25, 0.3) is 10.1 Å². The average Bonchev–Trinajstić information content (AvgIpc) is 2.64. The maximum atomic E-state index is 12.3. The lowest BCUT2D eigenvalue weighted by molar-refractivity contribution is -0.132. The van der Waals surface area contributed by atoms with Crippen LogP contribution in [0.1, 0.15) is 16.7 Å². The summed E-state index contributed by atoms with van der Waals surface area (Å²) in [5, 5.41) is 3.68. The zero-order chi connectivity index (χ0) is 19.2. The summed E-state index contributed by atoms with van der Waals surface area (Å²) in [7, 11) is -1.43. The number of carbonyl (C=O) groups is 1. The lowest BCUT2D eigenvalue weighted by Crippen LogP contribution is -2.20. The third-order valence-electron chi connectivity index (χ3n) is 3.51. The van der Waals surface area contributed by atoms with Crippen molar-refractivity contribution >= 4 is 21.8 Å². The van der Waals surface area contributed by atoms with Crippen molar-refractivity contribution in [3.63, 3.8) is 0 Å². The van der Waals surface area contributed by atoms with Gasteiger partial charge in [0, 0.05) is 5.56 Å². The second kappa shape index (κ2) is 8.59. The summed E-state index contributed by atoms with van der Waals surface area (Å²) in [5.41, 5.74) is 1.67. The predicted molar refractivity (Wildman–Crippen MR) is 95.2 cm³/mol. The van der Waals surface area contributed by atoms with Crippen molar-refractivity contribution in [1.29, 1.82) is 0 Å². The number of benzene rings is 2. The number of methoxy groups -OCH3 is 1. The SMILES string of the molecule is CON=C(C(=O)OC)c1ccccc1COS(=O)(=O)c1ccc(C)cc1. The van der Waals surface area contributed by atoms with Crippen LogP contribution >= 0.6 is 0 Å². The minimum atomic E-state index is -3.94. The van der Waals surface area contributed by atoms with E-state index in [1.165, 1.54) is 26.4 Å². The highest BCUT2D eigenvalue weighted by molar-refractivity contribution is 7.86. The van der Waals surface area contributed by atoms with E-state index in [0.29, 0.717) is 11.1 Å². The number of rotatable bonds is 7. The molecule has 2 aromatic rings. The van der Waals surface area contributed by atoms with E-state index < -0.39 is 16.1 Å². The molecule has 138 valence electrons. The molecule has 8 heteroatoms. The van der Waals surface area contributed by atoms with Crippen LogP contribution < -0.4 is 0 Å². The van der Waals surface area contributed by atoms with Gasteiger partial charge in [0.15, 0.2) is 5.71 Å². The number of esters is 1. The molecule has 0 radical (unpaired) electrons. The molecule has 0 bridgehead atoms. The van der Waals surface area contributed by atoms with Crippen LogP contribution in [-0.4, -0.2) is 34.3 Å². The van der Waals surface area contributed by atoms with E-state index in [2.05, 4.69) is 5.16 Å². The van der Waals surface area contributed by atoms with Crippen molar-refractivity contribution in [2.45, 2.75) is 18.4 Å². The monoisotopic (exact) mass is 377 g/mol. The number of oxime groups is 1. The summed E-state index contributed by atoms with van der Waals surface area (Å²) < 4.78 is 34.5. The zero-order valence-electron chi connectivity index (χ0n) is 14.6. The van der Waals surface area contributed by atoms with Gasteiger partial charge in [-0.25, -0.2) is 4.79 Å². The lowest BCUT2D eigenvalue weighted by Gasteiger charge is -2.11. The van der Waals surface area contributed by atoms with Gasteiger partial charge in [0.2, 0.25) is 0 Å². The smallest absolute Gasteiger partial charge is 0.360 e. The highest BCUT2D eigenvalue weighted by Crippen LogP contribution is 2.18. The first-order valence-corrected chi connectivity index (χ1v) is 9.03. The molecule has 0 fully saturated rings. The number of aryl methyl sites for hydroxylation is 1. The topological polar surface area (TPSA) is 91.3 Å². The van der Waals surface area contributed by atoms with Crippen LogP contribution in [0.4, 0.5) is 0 Å². The first kappa shape index (κ1) is 19.6. The lowest BCUT2D eigenvalue weighted by atomic mass is 10.0. The summed E-state index contributed by atoms with van der Waals surface area (Å²) in [6.45, 7) is 1.59. The van der Waals surface area contributed by atoms with Gasteiger partial charge in [-0.05, 0) is 24.6 Å². The first-order valence-electron chi connectivity index (χ1n) is 7.63. The summed E-state index contributed by atoms with van der Waals surface area (Å²) in [5.74, 6) is -0.708. The molecule has 0 amide bonds. The van der Waals surface area contributed by atoms with Gasteiger partial charge in [0.1, 0.15) is 7.11 Å². The van der Waals surface area contributed by atoms with Gasteiger partial charge in [-0.3, -0.25) is 4.18 Å². The van der Waals surface area contributed by atoms with Gasteiger partial charge in [0.05, 0.1) is 18.6 Å². The largest absolute Gasteiger partial charge is 0.464 e. The molecule has 7 nitrogen and oxygen atoms in total. The van der Waals surface area contributed by atoms with Crippen LogP contribution in [0.15, 0.2) is 58.6 Å². The third kappa shape index (κ3) is 4.68. The Morgan fingerprint density at radius 1 is 1.04 bits per heavy atom. The van der Waals surface area contributed by atoms with Crippen LogP contribution in [0.3, 0.4) is 0 Å². The molecule has 0 atom stereocenters. The quantitative estimate of drug-likeness (QED) is 0.318. The van der Waals surface area contributed by atoms with Crippen LogP contribution in [0, 0.1) is 6.92 Å². The molecule has 0 saturated heterocycles. The number of hydrogen-bond donors (Lipinski definition) is 0. The molecule has 0 aliphatic carbocycles. The van der Waals surface area contributed by atoms with Crippen molar-refractivity contribution < 1.29 is 27.0 Å². The molecule has 26 heavy (non-hydrogen) atoms. The molecular formula is C18H19NO6S. The number of hydrogen-bond acceptors (Lipinski definition) is 7. The van der Waals surface area contributed by atoms with E-state index in [-0.39, 0.29) is 17.2 Å². The Bertz CT molecular complexity index is 904.